The van der Waals surface area contributed by atoms with Crippen LogP contribution >= 0.6 is 0 Å². The van der Waals surface area contributed by atoms with Crippen LogP contribution in [0.1, 0.15) is 82.1 Å². The first-order chi connectivity index (χ1) is 9.46. The van der Waals surface area contributed by atoms with Gasteiger partial charge < -0.3 is 13.3 Å². The SMILES string of the molecule is CCCC(C)(C)C(C)[Si](OC(C)C)(OC(C)C)OC(C)C. The predicted molar refractivity (Wildman–Crippen MR) is 92.5 cm³/mol. The van der Waals surface area contributed by atoms with Gasteiger partial charge in [-0.05, 0) is 53.4 Å². The molecule has 0 aromatic rings. The molecule has 0 N–H and O–H groups in total. The van der Waals surface area contributed by atoms with Gasteiger partial charge in [-0.2, -0.15) is 0 Å². The van der Waals surface area contributed by atoms with Crippen LogP contribution in [-0.4, -0.2) is 27.1 Å². The van der Waals surface area contributed by atoms with E-state index >= 15 is 0 Å². The molecule has 0 radical (unpaired) electrons. The van der Waals surface area contributed by atoms with Gasteiger partial charge in [-0.15, -0.1) is 0 Å². The molecule has 4 heteroatoms. The van der Waals surface area contributed by atoms with Gasteiger partial charge in [-0.25, -0.2) is 0 Å². The minimum absolute atomic E-state index is 0.106. The second-order valence-corrected chi connectivity index (χ2v) is 10.3. The fourth-order valence-electron chi connectivity index (χ4n) is 2.71. The van der Waals surface area contributed by atoms with E-state index in [1.54, 1.807) is 0 Å². The summed E-state index contributed by atoms with van der Waals surface area (Å²) in [5.41, 5.74) is 0.400. The molecule has 0 aromatic heterocycles. The first-order valence-electron chi connectivity index (χ1n) is 8.50. The molecular formula is C17H38O3Si. The summed E-state index contributed by atoms with van der Waals surface area (Å²) in [6, 6.07) is 0. The minimum Gasteiger partial charge on any atom is -0.371 e. The summed E-state index contributed by atoms with van der Waals surface area (Å²) in [6.07, 6.45) is 2.62. The van der Waals surface area contributed by atoms with Crippen LogP contribution in [-0.2, 0) is 13.3 Å². The molecule has 1 atom stereocenters. The second-order valence-electron chi connectivity index (χ2n) is 7.56. The van der Waals surface area contributed by atoms with Crippen molar-refractivity contribution in [2.24, 2.45) is 5.41 Å². The molecule has 0 bridgehead atoms. The van der Waals surface area contributed by atoms with Gasteiger partial charge in [0.05, 0.1) is 0 Å². The fourth-order valence-corrected chi connectivity index (χ4v) is 6.57. The average Bonchev–Trinajstić information content (AvgIpc) is 2.24. The van der Waals surface area contributed by atoms with E-state index in [0.29, 0.717) is 0 Å². The third-order valence-electron chi connectivity index (χ3n) is 3.80. The van der Waals surface area contributed by atoms with Gasteiger partial charge in [-0.1, -0.05) is 34.1 Å². The molecule has 0 fully saturated rings. The highest BCUT2D eigenvalue weighted by atomic mass is 28.4. The first-order valence-corrected chi connectivity index (χ1v) is 10.3. The monoisotopic (exact) mass is 318 g/mol. The van der Waals surface area contributed by atoms with Crippen LogP contribution in [0.15, 0.2) is 0 Å². The van der Waals surface area contributed by atoms with Crippen molar-refractivity contribution in [1.82, 2.24) is 0 Å². The van der Waals surface area contributed by atoms with Crippen molar-refractivity contribution < 1.29 is 13.3 Å². The Labute approximate surface area is 134 Å². The lowest BCUT2D eigenvalue weighted by Crippen LogP contribution is -2.56. The van der Waals surface area contributed by atoms with Crippen LogP contribution < -0.4 is 0 Å². The molecule has 0 amide bonds. The van der Waals surface area contributed by atoms with Crippen LogP contribution in [0.2, 0.25) is 5.54 Å². The standard InChI is InChI=1S/C17H38O3Si/c1-11-12-17(9,10)16(8)21(18-13(2)3,19-14(4)5)20-15(6)7/h13-16H,11-12H2,1-10H3. The summed E-state index contributed by atoms with van der Waals surface area (Å²) in [5.74, 6) is 0. The van der Waals surface area contributed by atoms with Gasteiger partial charge in [0.1, 0.15) is 0 Å². The molecule has 0 rings (SSSR count). The molecule has 0 heterocycles. The Kier molecular flexibility index (Phi) is 8.70. The van der Waals surface area contributed by atoms with Crippen molar-refractivity contribution >= 4 is 8.80 Å². The summed E-state index contributed by atoms with van der Waals surface area (Å²) in [5, 5.41) is 0. The van der Waals surface area contributed by atoms with Gasteiger partial charge >= 0.3 is 8.80 Å². The van der Waals surface area contributed by atoms with E-state index < -0.39 is 8.80 Å². The van der Waals surface area contributed by atoms with Crippen molar-refractivity contribution in [3.8, 4) is 0 Å². The Bertz CT molecular complexity index is 261. The van der Waals surface area contributed by atoms with Crippen LogP contribution in [0.3, 0.4) is 0 Å². The fraction of sp³-hybridized carbons (Fsp3) is 1.00. The molecule has 0 saturated carbocycles. The van der Waals surface area contributed by atoms with E-state index in [-0.39, 0.29) is 29.3 Å². The third kappa shape index (κ3) is 6.81. The highest BCUT2D eigenvalue weighted by Crippen LogP contribution is 2.45. The zero-order chi connectivity index (χ0) is 16.8. The first kappa shape index (κ1) is 21.1. The molecule has 21 heavy (non-hydrogen) atoms. The maximum Gasteiger partial charge on any atom is 0.505 e. The van der Waals surface area contributed by atoms with Crippen molar-refractivity contribution in [1.29, 1.82) is 0 Å². The number of hydrogen-bond donors (Lipinski definition) is 0. The molecule has 0 aliphatic carbocycles. The normalized spacial score (nSPS) is 15.3. The Hall–Kier alpha value is 0.0969. The molecule has 1 unspecified atom stereocenters. The van der Waals surface area contributed by atoms with Gasteiger partial charge in [-0.3, -0.25) is 0 Å². The molecule has 0 saturated heterocycles. The molecular weight excluding hydrogens is 280 g/mol. The van der Waals surface area contributed by atoms with E-state index in [1.165, 1.54) is 0 Å². The zero-order valence-electron chi connectivity index (χ0n) is 15.9. The minimum atomic E-state index is -2.76. The zero-order valence-corrected chi connectivity index (χ0v) is 16.9. The molecule has 0 aliphatic rings. The van der Waals surface area contributed by atoms with Gasteiger partial charge in [0, 0.05) is 23.9 Å². The van der Waals surface area contributed by atoms with E-state index in [1.807, 2.05) is 0 Å². The molecule has 0 spiro atoms. The summed E-state index contributed by atoms with van der Waals surface area (Å²) < 4.78 is 19.0. The topological polar surface area (TPSA) is 27.7 Å². The summed E-state index contributed by atoms with van der Waals surface area (Å²) in [4.78, 5) is 0. The molecule has 0 aliphatic heterocycles. The lowest BCUT2D eigenvalue weighted by Gasteiger charge is -2.44. The van der Waals surface area contributed by atoms with Crippen molar-refractivity contribution in [2.45, 2.75) is 106 Å². The summed E-state index contributed by atoms with van der Waals surface area (Å²) in [6.45, 7) is 21.5. The van der Waals surface area contributed by atoms with Gasteiger partial charge in [0.15, 0.2) is 0 Å². The Morgan fingerprint density at radius 1 is 0.762 bits per heavy atom. The molecule has 3 nitrogen and oxygen atoms in total. The highest BCUT2D eigenvalue weighted by Gasteiger charge is 2.54. The van der Waals surface area contributed by atoms with Crippen LogP contribution in [0.4, 0.5) is 0 Å². The lowest BCUT2D eigenvalue weighted by atomic mass is 9.85. The van der Waals surface area contributed by atoms with Crippen LogP contribution in [0, 0.1) is 5.41 Å². The maximum atomic E-state index is 6.35. The Morgan fingerprint density at radius 3 is 1.33 bits per heavy atom. The molecule has 128 valence electrons. The quantitative estimate of drug-likeness (QED) is 0.504. The summed E-state index contributed by atoms with van der Waals surface area (Å²) >= 11 is 0. The van der Waals surface area contributed by atoms with Crippen molar-refractivity contribution in [3.63, 3.8) is 0 Å². The van der Waals surface area contributed by atoms with Gasteiger partial charge in [0.2, 0.25) is 0 Å². The van der Waals surface area contributed by atoms with Crippen LogP contribution in [0.25, 0.3) is 0 Å². The lowest BCUT2D eigenvalue weighted by molar-refractivity contribution is -0.0147. The Morgan fingerprint density at radius 2 is 1.10 bits per heavy atom. The Balaban J connectivity index is 5.59. The van der Waals surface area contributed by atoms with E-state index in [2.05, 4.69) is 69.2 Å². The van der Waals surface area contributed by atoms with E-state index in [9.17, 15) is 0 Å². The van der Waals surface area contributed by atoms with Crippen molar-refractivity contribution in [3.05, 3.63) is 0 Å². The summed E-state index contributed by atoms with van der Waals surface area (Å²) in [7, 11) is -2.76. The smallest absolute Gasteiger partial charge is 0.371 e. The van der Waals surface area contributed by atoms with Gasteiger partial charge in [0.25, 0.3) is 0 Å². The van der Waals surface area contributed by atoms with Crippen LogP contribution in [0.5, 0.6) is 0 Å². The maximum absolute atomic E-state index is 6.35. The number of rotatable bonds is 10. The average molecular weight is 319 g/mol. The number of hydrogen-bond acceptors (Lipinski definition) is 3. The van der Waals surface area contributed by atoms with E-state index in [0.717, 1.165) is 12.8 Å². The van der Waals surface area contributed by atoms with E-state index in [4.69, 9.17) is 13.3 Å². The largest absolute Gasteiger partial charge is 0.505 e. The highest BCUT2D eigenvalue weighted by molar-refractivity contribution is 6.62. The van der Waals surface area contributed by atoms with Crippen molar-refractivity contribution in [2.75, 3.05) is 0 Å². The second kappa shape index (κ2) is 8.66. The predicted octanol–water partition coefficient (Wildman–Crippen LogP) is 5.42. The third-order valence-corrected chi connectivity index (χ3v) is 8.04. The molecule has 0 aromatic carbocycles.